The third-order valence-corrected chi connectivity index (χ3v) is 4.78. The van der Waals surface area contributed by atoms with E-state index >= 15 is 0 Å². The Morgan fingerprint density at radius 2 is 1.96 bits per heavy atom. The molecular weight excluding hydrogens is 366 g/mol. The summed E-state index contributed by atoms with van der Waals surface area (Å²) in [6.45, 7) is 3.78. The van der Waals surface area contributed by atoms with Gasteiger partial charge in [0, 0.05) is 29.0 Å². The number of hydrogen-bond acceptors (Lipinski definition) is 5. The summed E-state index contributed by atoms with van der Waals surface area (Å²) in [6, 6.07) is 10.1. The van der Waals surface area contributed by atoms with Gasteiger partial charge in [0.2, 0.25) is 0 Å². The van der Waals surface area contributed by atoms with Crippen LogP contribution in [0.1, 0.15) is 23.2 Å². The molecule has 0 unspecified atom stereocenters. The van der Waals surface area contributed by atoms with E-state index in [2.05, 4.69) is 10.2 Å². The van der Waals surface area contributed by atoms with E-state index < -0.39 is 0 Å². The van der Waals surface area contributed by atoms with Crippen molar-refractivity contribution in [3.63, 3.8) is 0 Å². The lowest BCUT2D eigenvalue weighted by Crippen LogP contribution is -2.25. The molecule has 27 heavy (non-hydrogen) atoms. The summed E-state index contributed by atoms with van der Waals surface area (Å²) < 4.78 is 11.3. The average Bonchev–Trinajstić information content (AvgIpc) is 3.16. The van der Waals surface area contributed by atoms with Crippen molar-refractivity contribution in [2.24, 2.45) is 0 Å². The van der Waals surface area contributed by atoms with Gasteiger partial charge in [-0.15, -0.1) is 0 Å². The molecule has 0 spiro atoms. The van der Waals surface area contributed by atoms with Crippen LogP contribution in [-0.2, 0) is 0 Å². The predicted molar refractivity (Wildman–Crippen MR) is 108 cm³/mol. The van der Waals surface area contributed by atoms with Crippen LogP contribution in [0.5, 0.6) is 11.5 Å². The molecule has 1 fully saturated rings. The summed E-state index contributed by atoms with van der Waals surface area (Å²) in [5.41, 5.74) is 7.16. The Morgan fingerprint density at radius 1 is 1.19 bits per heavy atom. The van der Waals surface area contributed by atoms with Crippen molar-refractivity contribution in [2.45, 2.75) is 12.8 Å². The molecule has 2 aromatic rings. The van der Waals surface area contributed by atoms with Crippen LogP contribution < -0.4 is 20.5 Å². The third kappa shape index (κ3) is 5.05. The van der Waals surface area contributed by atoms with Gasteiger partial charge in [0.25, 0.3) is 5.91 Å². The molecule has 0 bridgehead atoms. The molecule has 0 radical (unpaired) electrons. The fourth-order valence-corrected chi connectivity index (χ4v) is 3.27. The Labute approximate surface area is 164 Å². The number of ether oxygens (including phenoxy) is 2. The Bertz CT molecular complexity index is 807. The van der Waals surface area contributed by atoms with Crippen molar-refractivity contribution in [1.29, 1.82) is 0 Å². The standard InChI is InChI=1S/C20H24ClN3O3/c1-26-19-13-15(23-20(25)16-6-4-14(21)12-17(16)22)5-7-18(19)27-11-10-24-8-2-3-9-24/h4-7,12-13H,2-3,8-11,22H2,1H3,(H,23,25). The molecule has 1 saturated heterocycles. The highest BCUT2D eigenvalue weighted by Crippen LogP contribution is 2.31. The molecule has 2 aromatic carbocycles. The number of likely N-dealkylation sites (tertiary alicyclic amines) is 1. The summed E-state index contributed by atoms with van der Waals surface area (Å²) in [5.74, 6) is 0.910. The van der Waals surface area contributed by atoms with Crippen LogP contribution in [0.15, 0.2) is 36.4 Å². The van der Waals surface area contributed by atoms with Gasteiger partial charge >= 0.3 is 0 Å². The van der Waals surface area contributed by atoms with Gasteiger partial charge in [-0.1, -0.05) is 11.6 Å². The van der Waals surface area contributed by atoms with Gasteiger partial charge in [0.15, 0.2) is 11.5 Å². The van der Waals surface area contributed by atoms with Gasteiger partial charge in [-0.25, -0.2) is 0 Å². The van der Waals surface area contributed by atoms with E-state index in [9.17, 15) is 4.79 Å². The predicted octanol–water partition coefficient (Wildman–Crippen LogP) is 3.66. The van der Waals surface area contributed by atoms with Crippen molar-refractivity contribution < 1.29 is 14.3 Å². The summed E-state index contributed by atoms with van der Waals surface area (Å²) in [4.78, 5) is 14.8. The number of anilines is 2. The Kier molecular flexibility index (Phi) is 6.42. The first-order valence-corrected chi connectivity index (χ1v) is 9.34. The van der Waals surface area contributed by atoms with E-state index in [0.29, 0.717) is 40.1 Å². The number of halogens is 1. The maximum atomic E-state index is 12.4. The second-order valence-electron chi connectivity index (χ2n) is 6.45. The van der Waals surface area contributed by atoms with Gasteiger partial charge < -0.3 is 20.5 Å². The monoisotopic (exact) mass is 389 g/mol. The molecule has 3 N–H and O–H groups in total. The van der Waals surface area contributed by atoms with Crippen LogP contribution in [0.3, 0.4) is 0 Å². The molecule has 1 amide bonds. The zero-order valence-electron chi connectivity index (χ0n) is 15.3. The second kappa shape index (κ2) is 8.97. The molecule has 0 aliphatic carbocycles. The number of nitrogens with two attached hydrogens (primary N) is 1. The first-order valence-electron chi connectivity index (χ1n) is 8.96. The molecule has 0 saturated carbocycles. The minimum atomic E-state index is -0.311. The lowest BCUT2D eigenvalue weighted by Gasteiger charge is -2.17. The quantitative estimate of drug-likeness (QED) is 0.707. The lowest BCUT2D eigenvalue weighted by atomic mass is 10.1. The fraction of sp³-hybridized carbons (Fsp3) is 0.350. The van der Waals surface area contributed by atoms with Crippen molar-refractivity contribution in [3.05, 3.63) is 47.0 Å². The minimum absolute atomic E-state index is 0.311. The molecule has 144 valence electrons. The third-order valence-electron chi connectivity index (χ3n) is 4.54. The zero-order valence-corrected chi connectivity index (χ0v) is 16.1. The van der Waals surface area contributed by atoms with Crippen LogP contribution in [0.2, 0.25) is 5.02 Å². The van der Waals surface area contributed by atoms with Crippen LogP contribution in [0, 0.1) is 0 Å². The molecule has 0 atom stereocenters. The smallest absolute Gasteiger partial charge is 0.257 e. The summed E-state index contributed by atoms with van der Waals surface area (Å²) in [5, 5.41) is 3.30. The molecule has 7 heteroatoms. The number of rotatable bonds is 7. The first-order chi connectivity index (χ1) is 13.1. The van der Waals surface area contributed by atoms with Crippen molar-refractivity contribution >= 4 is 28.9 Å². The fourth-order valence-electron chi connectivity index (χ4n) is 3.09. The Hall–Kier alpha value is -2.44. The van der Waals surface area contributed by atoms with E-state index in [-0.39, 0.29) is 5.91 Å². The van der Waals surface area contributed by atoms with Gasteiger partial charge in [-0.3, -0.25) is 9.69 Å². The van der Waals surface area contributed by atoms with E-state index in [0.717, 1.165) is 19.6 Å². The van der Waals surface area contributed by atoms with E-state index in [4.69, 9.17) is 26.8 Å². The van der Waals surface area contributed by atoms with Crippen LogP contribution in [-0.4, -0.2) is 44.2 Å². The number of hydrogen-bond donors (Lipinski definition) is 2. The number of methoxy groups -OCH3 is 1. The Morgan fingerprint density at radius 3 is 2.67 bits per heavy atom. The number of nitrogen functional groups attached to an aromatic ring is 1. The number of benzene rings is 2. The van der Waals surface area contributed by atoms with E-state index in [1.54, 1.807) is 43.5 Å². The van der Waals surface area contributed by atoms with Crippen LogP contribution >= 0.6 is 11.6 Å². The van der Waals surface area contributed by atoms with Crippen LogP contribution in [0.25, 0.3) is 0 Å². The zero-order chi connectivity index (χ0) is 19.2. The molecule has 1 aliphatic heterocycles. The van der Waals surface area contributed by atoms with Crippen molar-refractivity contribution in [3.8, 4) is 11.5 Å². The number of carbonyl (C=O) groups is 1. The van der Waals surface area contributed by atoms with Gasteiger partial charge in [-0.2, -0.15) is 0 Å². The molecule has 0 aromatic heterocycles. The highest BCUT2D eigenvalue weighted by atomic mass is 35.5. The van der Waals surface area contributed by atoms with E-state index in [1.165, 1.54) is 12.8 Å². The minimum Gasteiger partial charge on any atom is -0.493 e. The molecule has 3 rings (SSSR count). The Balaban J connectivity index is 1.63. The maximum Gasteiger partial charge on any atom is 0.257 e. The molecule has 1 aliphatic rings. The lowest BCUT2D eigenvalue weighted by molar-refractivity contribution is 0.102. The average molecular weight is 390 g/mol. The number of amides is 1. The number of nitrogens with one attached hydrogen (secondary N) is 1. The summed E-state index contributed by atoms with van der Waals surface area (Å²) in [6.07, 6.45) is 2.52. The maximum absolute atomic E-state index is 12.4. The van der Waals surface area contributed by atoms with Crippen LogP contribution in [0.4, 0.5) is 11.4 Å². The van der Waals surface area contributed by atoms with Gasteiger partial charge in [-0.05, 0) is 56.3 Å². The van der Waals surface area contributed by atoms with Crippen molar-refractivity contribution in [1.82, 2.24) is 4.90 Å². The largest absolute Gasteiger partial charge is 0.493 e. The second-order valence-corrected chi connectivity index (χ2v) is 6.88. The molecule has 1 heterocycles. The SMILES string of the molecule is COc1cc(NC(=O)c2ccc(Cl)cc2N)ccc1OCCN1CCCC1. The summed E-state index contributed by atoms with van der Waals surface area (Å²) >= 11 is 5.88. The van der Waals surface area contributed by atoms with E-state index in [1.807, 2.05) is 0 Å². The molecular formula is C20H24ClN3O3. The van der Waals surface area contributed by atoms with Gasteiger partial charge in [0.1, 0.15) is 6.61 Å². The highest BCUT2D eigenvalue weighted by molar-refractivity contribution is 6.31. The topological polar surface area (TPSA) is 76.8 Å². The molecule has 6 nitrogen and oxygen atoms in total. The normalized spacial score (nSPS) is 14.1. The number of carbonyl (C=O) groups excluding carboxylic acids is 1. The number of nitrogens with zero attached hydrogens (tertiary/aromatic N) is 1. The highest BCUT2D eigenvalue weighted by Gasteiger charge is 2.14. The first kappa shape index (κ1) is 19.3. The van der Waals surface area contributed by atoms with Gasteiger partial charge in [0.05, 0.1) is 12.7 Å². The van der Waals surface area contributed by atoms with Crippen molar-refractivity contribution in [2.75, 3.05) is 44.4 Å². The summed E-state index contributed by atoms with van der Waals surface area (Å²) in [7, 11) is 1.57.